The van der Waals surface area contributed by atoms with E-state index in [0.29, 0.717) is 46.7 Å². The highest BCUT2D eigenvalue weighted by atomic mass is 32.1. The molecular formula is C35H41FN6O3S. The highest BCUT2D eigenvalue weighted by Crippen LogP contribution is 2.27. The summed E-state index contributed by atoms with van der Waals surface area (Å²) in [7, 11) is 5.69. The molecule has 0 unspecified atom stereocenters. The first-order chi connectivity index (χ1) is 22.0. The zero-order valence-electron chi connectivity index (χ0n) is 26.9. The number of anilines is 2. The lowest BCUT2D eigenvalue weighted by Crippen LogP contribution is -2.28. The van der Waals surface area contributed by atoms with Crippen LogP contribution in [0.1, 0.15) is 74.0 Å². The third-order valence-electron chi connectivity index (χ3n) is 7.16. The van der Waals surface area contributed by atoms with Crippen molar-refractivity contribution in [3.63, 3.8) is 0 Å². The number of thiazole rings is 1. The van der Waals surface area contributed by atoms with E-state index < -0.39 is 5.91 Å². The lowest BCUT2D eigenvalue weighted by molar-refractivity contribution is 0.0944. The molecule has 0 saturated carbocycles. The Labute approximate surface area is 273 Å². The predicted octanol–water partition coefficient (Wildman–Crippen LogP) is 6.57. The van der Waals surface area contributed by atoms with Crippen molar-refractivity contribution in [2.75, 3.05) is 37.8 Å². The minimum atomic E-state index is -0.401. The first kappa shape index (κ1) is 34.3. The fourth-order valence-corrected chi connectivity index (χ4v) is 5.56. The van der Waals surface area contributed by atoms with E-state index in [1.165, 1.54) is 23.5 Å². The second-order valence-corrected chi connectivity index (χ2v) is 12.9. The fraction of sp³-hybridized carbons (Fsp3) is 0.314. The van der Waals surface area contributed by atoms with E-state index in [4.69, 9.17) is 0 Å². The van der Waals surface area contributed by atoms with Gasteiger partial charge in [-0.3, -0.25) is 19.7 Å². The van der Waals surface area contributed by atoms with Gasteiger partial charge in [0.2, 0.25) is 0 Å². The van der Waals surface area contributed by atoms with E-state index in [2.05, 4.69) is 39.7 Å². The Bertz CT molecular complexity index is 1670. The van der Waals surface area contributed by atoms with Gasteiger partial charge in [0.1, 0.15) is 17.2 Å². The van der Waals surface area contributed by atoms with Crippen molar-refractivity contribution in [2.24, 2.45) is 13.0 Å². The Morgan fingerprint density at radius 1 is 0.957 bits per heavy atom. The molecule has 3 N–H and O–H groups in total. The molecule has 46 heavy (non-hydrogen) atoms. The first-order valence-electron chi connectivity index (χ1n) is 15.2. The molecule has 0 aliphatic rings. The highest BCUT2D eigenvalue weighted by Gasteiger charge is 2.21. The molecule has 0 saturated heterocycles. The van der Waals surface area contributed by atoms with E-state index in [1.807, 2.05) is 38.4 Å². The standard InChI is InChI=1S/C35H41FN6O3S/c1-23(2)7-18-30-31(34(45)37-19-6-20-41(3)4)39-35(46-30)40-33(44)29-21-28(22-42(29)5)38-32(43)26-14-10-24(11-15-26)8-9-25-12-16-27(36)17-13-25/h8-17,21-23H,6-7,18-20H2,1-5H3,(H,37,45)(H,38,43)(H,39,40,44)/b9-8+. The molecule has 11 heteroatoms. The van der Waals surface area contributed by atoms with Crippen molar-refractivity contribution >= 4 is 52.0 Å². The summed E-state index contributed by atoms with van der Waals surface area (Å²) in [5, 5.41) is 8.98. The summed E-state index contributed by atoms with van der Waals surface area (Å²) in [5.74, 6) is -0.790. The number of carbonyl (C=O) groups is 3. The summed E-state index contributed by atoms with van der Waals surface area (Å²) in [6.45, 7) is 5.65. The van der Waals surface area contributed by atoms with Crippen molar-refractivity contribution in [3.05, 3.63) is 99.6 Å². The van der Waals surface area contributed by atoms with Gasteiger partial charge in [-0.25, -0.2) is 9.37 Å². The Morgan fingerprint density at radius 3 is 2.24 bits per heavy atom. The molecule has 0 aliphatic heterocycles. The highest BCUT2D eigenvalue weighted by molar-refractivity contribution is 7.16. The summed E-state index contributed by atoms with van der Waals surface area (Å²) < 4.78 is 14.7. The van der Waals surface area contributed by atoms with Crippen molar-refractivity contribution in [3.8, 4) is 0 Å². The Kier molecular flexibility index (Phi) is 12.0. The molecule has 0 atom stereocenters. The molecule has 0 spiro atoms. The van der Waals surface area contributed by atoms with Gasteiger partial charge in [-0.15, -0.1) is 11.3 Å². The Morgan fingerprint density at radius 2 is 1.61 bits per heavy atom. The molecule has 0 fully saturated rings. The van der Waals surface area contributed by atoms with Gasteiger partial charge in [-0.1, -0.05) is 50.3 Å². The molecule has 4 aromatic rings. The normalized spacial score (nSPS) is 11.4. The number of carbonyl (C=O) groups excluding carboxylic acids is 3. The van der Waals surface area contributed by atoms with Crippen LogP contribution in [0.25, 0.3) is 12.2 Å². The maximum Gasteiger partial charge on any atom is 0.274 e. The number of halogens is 1. The van der Waals surface area contributed by atoms with Crippen LogP contribution in [0.2, 0.25) is 0 Å². The minimum absolute atomic E-state index is 0.241. The van der Waals surface area contributed by atoms with Crippen LogP contribution >= 0.6 is 11.3 Å². The van der Waals surface area contributed by atoms with Gasteiger partial charge in [0, 0.05) is 30.2 Å². The van der Waals surface area contributed by atoms with Gasteiger partial charge < -0.3 is 20.1 Å². The topological polar surface area (TPSA) is 108 Å². The van der Waals surface area contributed by atoms with Crippen LogP contribution in [0, 0.1) is 11.7 Å². The number of nitrogens with one attached hydrogen (secondary N) is 3. The summed E-state index contributed by atoms with van der Waals surface area (Å²) in [5.41, 5.74) is 3.35. The second-order valence-electron chi connectivity index (χ2n) is 11.8. The number of hydrogen-bond acceptors (Lipinski definition) is 6. The number of nitrogens with zero attached hydrogens (tertiary/aromatic N) is 3. The minimum Gasteiger partial charge on any atom is -0.351 e. The number of hydrogen-bond donors (Lipinski definition) is 3. The smallest absolute Gasteiger partial charge is 0.274 e. The third kappa shape index (κ3) is 9.95. The van der Waals surface area contributed by atoms with Crippen LogP contribution in [-0.4, -0.2) is 59.4 Å². The fourth-order valence-electron chi connectivity index (χ4n) is 4.59. The number of rotatable bonds is 14. The molecule has 2 aromatic heterocycles. The molecule has 3 amide bonds. The van der Waals surface area contributed by atoms with E-state index in [1.54, 1.807) is 48.1 Å². The van der Waals surface area contributed by atoms with Gasteiger partial charge >= 0.3 is 0 Å². The van der Waals surface area contributed by atoms with E-state index in [9.17, 15) is 18.8 Å². The Balaban J connectivity index is 1.39. The van der Waals surface area contributed by atoms with Crippen molar-refractivity contribution in [1.82, 2.24) is 19.8 Å². The van der Waals surface area contributed by atoms with Crippen LogP contribution in [0.3, 0.4) is 0 Å². The second kappa shape index (κ2) is 16.1. The summed E-state index contributed by atoms with van der Waals surface area (Å²) >= 11 is 1.31. The van der Waals surface area contributed by atoms with Crippen molar-refractivity contribution in [2.45, 2.75) is 33.1 Å². The maximum atomic E-state index is 13.2. The van der Waals surface area contributed by atoms with Gasteiger partial charge in [-0.05, 0) is 87.3 Å². The van der Waals surface area contributed by atoms with Crippen molar-refractivity contribution < 1.29 is 18.8 Å². The zero-order valence-corrected chi connectivity index (χ0v) is 27.7. The Hall–Kier alpha value is -4.61. The van der Waals surface area contributed by atoms with Gasteiger partial charge in [0.05, 0.1) is 5.69 Å². The number of aryl methyl sites for hydroxylation is 2. The SMILES string of the molecule is CC(C)CCc1sc(NC(=O)c2cc(NC(=O)c3ccc(/C=C/c4ccc(F)cc4)cc3)cn2C)nc1C(=O)NCCCN(C)C. The predicted molar refractivity (Wildman–Crippen MR) is 184 cm³/mol. The lowest BCUT2D eigenvalue weighted by atomic mass is 10.1. The van der Waals surface area contributed by atoms with Gasteiger partial charge in [0.25, 0.3) is 17.7 Å². The molecule has 0 bridgehead atoms. The average molecular weight is 645 g/mol. The number of amides is 3. The molecule has 242 valence electrons. The molecule has 4 rings (SSSR count). The van der Waals surface area contributed by atoms with Gasteiger partial charge in [-0.2, -0.15) is 0 Å². The third-order valence-corrected chi connectivity index (χ3v) is 8.19. The molecule has 9 nitrogen and oxygen atoms in total. The number of aromatic nitrogens is 2. The van der Waals surface area contributed by atoms with Crippen LogP contribution in [0.4, 0.5) is 15.2 Å². The van der Waals surface area contributed by atoms with E-state index in [0.717, 1.165) is 35.4 Å². The van der Waals surface area contributed by atoms with Crippen LogP contribution in [-0.2, 0) is 13.5 Å². The lowest BCUT2D eigenvalue weighted by Gasteiger charge is -2.10. The van der Waals surface area contributed by atoms with E-state index >= 15 is 0 Å². The first-order valence-corrected chi connectivity index (χ1v) is 16.1. The van der Waals surface area contributed by atoms with Crippen LogP contribution in [0.5, 0.6) is 0 Å². The maximum absolute atomic E-state index is 13.2. The molecule has 0 aliphatic carbocycles. The quantitative estimate of drug-likeness (QED) is 0.106. The van der Waals surface area contributed by atoms with Gasteiger partial charge in [0.15, 0.2) is 5.13 Å². The van der Waals surface area contributed by atoms with Crippen molar-refractivity contribution in [1.29, 1.82) is 0 Å². The summed E-state index contributed by atoms with van der Waals surface area (Å²) in [4.78, 5) is 46.5. The molecule has 2 aromatic carbocycles. The summed E-state index contributed by atoms with van der Waals surface area (Å²) in [6.07, 6.45) is 7.82. The van der Waals surface area contributed by atoms with Crippen LogP contribution < -0.4 is 16.0 Å². The molecular weight excluding hydrogens is 603 g/mol. The summed E-state index contributed by atoms with van der Waals surface area (Å²) in [6, 6.07) is 14.9. The average Bonchev–Trinajstić information content (AvgIpc) is 3.60. The monoisotopic (exact) mass is 644 g/mol. The van der Waals surface area contributed by atoms with Crippen LogP contribution in [0.15, 0.2) is 60.8 Å². The number of benzene rings is 2. The van der Waals surface area contributed by atoms with E-state index in [-0.39, 0.29) is 17.6 Å². The zero-order chi connectivity index (χ0) is 33.2. The molecule has 0 radical (unpaired) electrons. The molecule has 2 heterocycles. The largest absolute Gasteiger partial charge is 0.351 e.